The highest BCUT2D eigenvalue weighted by molar-refractivity contribution is 5.83. The van der Waals surface area contributed by atoms with Crippen molar-refractivity contribution in [1.29, 1.82) is 0 Å². The highest BCUT2D eigenvalue weighted by Crippen LogP contribution is 2.31. The van der Waals surface area contributed by atoms with Crippen molar-refractivity contribution in [2.45, 2.75) is 39.0 Å². The quantitative estimate of drug-likeness (QED) is 0.561. The molecule has 1 saturated heterocycles. The van der Waals surface area contributed by atoms with Crippen LogP contribution in [0.15, 0.2) is 0 Å². The summed E-state index contributed by atoms with van der Waals surface area (Å²) in [6, 6.07) is 0. The molecule has 1 heterocycles. The van der Waals surface area contributed by atoms with Crippen LogP contribution in [0.1, 0.15) is 39.0 Å². The molecule has 1 fully saturated rings. The van der Waals surface area contributed by atoms with Crippen molar-refractivity contribution < 1.29 is 9.90 Å². The molecule has 0 saturated carbocycles. The Morgan fingerprint density at radius 2 is 2.31 bits per heavy atom. The number of carbonyl (C=O) groups is 1. The maximum atomic E-state index is 12.1. The largest absolute Gasteiger partial charge is 0.396 e. The molecule has 0 aliphatic carbocycles. The number of carbonyl (C=O) groups excluding carboxylic acids is 1. The lowest BCUT2D eigenvalue weighted by Gasteiger charge is -2.26. The van der Waals surface area contributed by atoms with E-state index >= 15 is 0 Å². The van der Waals surface area contributed by atoms with Gasteiger partial charge in [0.05, 0.1) is 5.41 Å². The van der Waals surface area contributed by atoms with Crippen LogP contribution in [0, 0.1) is 5.41 Å². The minimum absolute atomic E-state index is 0.173. The smallest absolute Gasteiger partial charge is 0.227 e. The second-order valence-corrected chi connectivity index (χ2v) is 4.64. The molecule has 1 atom stereocenters. The van der Waals surface area contributed by atoms with Gasteiger partial charge in [0.1, 0.15) is 0 Å². The van der Waals surface area contributed by atoms with Gasteiger partial charge >= 0.3 is 0 Å². The Bertz CT molecular complexity index is 213. The summed E-state index contributed by atoms with van der Waals surface area (Å²) < 4.78 is 0. The number of nitrogens with one attached hydrogen (secondary N) is 2. The van der Waals surface area contributed by atoms with Crippen LogP contribution in [0.4, 0.5) is 0 Å². The molecule has 1 amide bonds. The number of hydrogen-bond donors (Lipinski definition) is 3. The van der Waals surface area contributed by atoms with E-state index in [0.717, 1.165) is 45.2 Å². The maximum absolute atomic E-state index is 12.1. The summed E-state index contributed by atoms with van der Waals surface area (Å²) in [5.74, 6) is 0.192. The number of amides is 1. The van der Waals surface area contributed by atoms with Crippen LogP contribution in [0.3, 0.4) is 0 Å². The predicted molar refractivity (Wildman–Crippen MR) is 64.2 cm³/mol. The molecular weight excluding hydrogens is 204 g/mol. The third kappa shape index (κ3) is 3.46. The van der Waals surface area contributed by atoms with Crippen LogP contribution in [-0.2, 0) is 4.79 Å². The maximum Gasteiger partial charge on any atom is 0.227 e. The van der Waals surface area contributed by atoms with E-state index in [-0.39, 0.29) is 17.9 Å². The van der Waals surface area contributed by atoms with E-state index in [2.05, 4.69) is 17.6 Å². The summed E-state index contributed by atoms with van der Waals surface area (Å²) in [4.78, 5) is 12.1. The fraction of sp³-hybridized carbons (Fsp3) is 0.917. The Balaban J connectivity index is 2.36. The first-order valence-electron chi connectivity index (χ1n) is 6.35. The SMILES string of the molecule is CCCC1(C(=O)NCCCCO)CCNC1. The molecular formula is C12H24N2O2. The molecule has 16 heavy (non-hydrogen) atoms. The summed E-state index contributed by atoms with van der Waals surface area (Å²) >= 11 is 0. The van der Waals surface area contributed by atoms with Crippen molar-refractivity contribution in [1.82, 2.24) is 10.6 Å². The van der Waals surface area contributed by atoms with Crippen LogP contribution >= 0.6 is 0 Å². The lowest BCUT2D eigenvalue weighted by atomic mass is 9.81. The first-order chi connectivity index (χ1) is 7.75. The van der Waals surface area contributed by atoms with Crippen LogP contribution in [0.2, 0.25) is 0 Å². The molecule has 3 N–H and O–H groups in total. The summed E-state index contributed by atoms with van der Waals surface area (Å²) in [6.45, 7) is 4.78. The number of aliphatic hydroxyl groups excluding tert-OH is 1. The van der Waals surface area contributed by atoms with Gasteiger partial charge in [-0.25, -0.2) is 0 Å². The third-order valence-electron chi connectivity index (χ3n) is 3.32. The van der Waals surface area contributed by atoms with Crippen molar-refractivity contribution in [2.75, 3.05) is 26.2 Å². The predicted octanol–water partition coefficient (Wildman–Crippen LogP) is 0.655. The highest BCUT2D eigenvalue weighted by Gasteiger charge is 2.39. The van der Waals surface area contributed by atoms with E-state index in [1.165, 1.54) is 0 Å². The molecule has 0 bridgehead atoms. The van der Waals surface area contributed by atoms with Gasteiger partial charge in [0.25, 0.3) is 0 Å². The average molecular weight is 228 g/mol. The molecule has 4 heteroatoms. The van der Waals surface area contributed by atoms with Gasteiger partial charge in [0.2, 0.25) is 5.91 Å². The van der Waals surface area contributed by atoms with Crippen LogP contribution in [0.5, 0.6) is 0 Å². The van der Waals surface area contributed by atoms with E-state index in [1.807, 2.05) is 0 Å². The topological polar surface area (TPSA) is 61.4 Å². The second-order valence-electron chi connectivity index (χ2n) is 4.64. The molecule has 4 nitrogen and oxygen atoms in total. The summed E-state index contributed by atoms with van der Waals surface area (Å²) in [6.07, 6.45) is 4.58. The third-order valence-corrected chi connectivity index (χ3v) is 3.32. The van der Waals surface area contributed by atoms with E-state index in [9.17, 15) is 4.79 Å². The zero-order valence-corrected chi connectivity index (χ0v) is 10.2. The van der Waals surface area contributed by atoms with Crippen molar-refractivity contribution in [3.63, 3.8) is 0 Å². The lowest BCUT2D eigenvalue weighted by Crippen LogP contribution is -2.42. The molecule has 1 rings (SSSR count). The molecule has 1 unspecified atom stereocenters. The zero-order valence-electron chi connectivity index (χ0n) is 10.2. The van der Waals surface area contributed by atoms with Crippen molar-refractivity contribution in [3.8, 4) is 0 Å². The molecule has 1 aliphatic heterocycles. The summed E-state index contributed by atoms with van der Waals surface area (Å²) in [5, 5.41) is 14.9. The standard InChI is InChI=1S/C12H24N2O2/c1-2-5-12(6-8-13-10-12)11(16)14-7-3-4-9-15/h13,15H,2-10H2,1H3,(H,14,16). The number of hydrogen-bond acceptors (Lipinski definition) is 3. The summed E-state index contributed by atoms with van der Waals surface area (Å²) in [7, 11) is 0. The van der Waals surface area contributed by atoms with Gasteiger partial charge in [-0.05, 0) is 32.2 Å². The fourth-order valence-corrected chi connectivity index (χ4v) is 2.37. The van der Waals surface area contributed by atoms with Gasteiger partial charge in [0, 0.05) is 19.7 Å². The lowest BCUT2D eigenvalue weighted by molar-refractivity contribution is -0.130. The van der Waals surface area contributed by atoms with Gasteiger partial charge in [-0.15, -0.1) is 0 Å². The van der Waals surface area contributed by atoms with Gasteiger partial charge in [0.15, 0.2) is 0 Å². The molecule has 94 valence electrons. The monoisotopic (exact) mass is 228 g/mol. The first kappa shape index (κ1) is 13.5. The number of aliphatic hydroxyl groups is 1. The Morgan fingerprint density at radius 3 is 2.88 bits per heavy atom. The second kappa shape index (κ2) is 6.86. The molecule has 0 aromatic heterocycles. The Labute approximate surface area is 97.8 Å². The van der Waals surface area contributed by atoms with Crippen molar-refractivity contribution in [2.24, 2.45) is 5.41 Å². The minimum Gasteiger partial charge on any atom is -0.396 e. The Hall–Kier alpha value is -0.610. The number of rotatable bonds is 7. The van der Waals surface area contributed by atoms with Crippen LogP contribution in [0.25, 0.3) is 0 Å². The van der Waals surface area contributed by atoms with Crippen molar-refractivity contribution >= 4 is 5.91 Å². The summed E-state index contributed by atoms with van der Waals surface area (Å²) in [5.41, 5.74) is -0.173. The minimum atomic E-state index is -0.173. The zero-order chi connectivity index (χ0) is 11.9. The fourth-order valence-electron chi connectivity index (χ4n) is 2.37. The van der Waals surface area contributed by atoms with Gasteiger partial charge in [-0.3, -0.25) is 4.79 Å². The van der Waals surface area contributed by atoms with Crippen LogP contribution < -0.4 is 10.6 Å². The molecule has 0 aromatic carbocycles. The average Bonchev–Trinajstić information content (AvgIpc) is 2.74. The van der Waals surface area contributed by atoms with E-state index in [4.69, 9.17) is 5.11 Å². The Kier molecular flexibility index (Phi) is 5.77. The van der Waals surface area contributed by atoms with E-state index < -0.39 is 0 Å². The number of unbranched alkanes of at least 4 members (excludes halogenated alkanes) is 1. The molecule has 1 aliphatic rings. The molecule has 0 radical (unpaired) electrons. The van der Waals surface area contributed by atoms with Gasteiger partial charge in [-0.1, -0.05) is 13.3 Å². The molecule has 0 aromatic rings. The van der Waals surface area contributed by atoms with Crippen molar-refractivity contribution in [3.05, 3.63) is 0 Å². The van der Waals surface area contributed by atoms with Gasteiger partial charge in [-0.2, -0.15) is 0 Å². The first-order valence-corrected chi connectivity index (χ1v) is 6.35. The van der Waals surface area contributed by atoms with Gasteiger partial charge < -0.3 is 15.7 Å². The van der Waals surface area contributed by atoms with Crippen LogP contribution in [-0.4, -0.2) is 37.3 Å². The normalized spacial score (nSPS) is 24.6. The Morgan fingerprint density at radius 1 is 1.50 bits per heavy atom. The molecule has 0 spiro atoms. The highest BCUT2D eigenvalue weighted by atomic mass is 16.2. The van der Waals surface area contributed by atoms with E-state index in [0.29, 0.717) is 6.54 Å². The van der Waals surface area contributed by atoms with E-state index in [1.54, 1.807) is 0 Å².